The van der Waals surface area contributed by atoms with Crippen LogP contribution in [0.2, 0.25) is 0 Å². The van der Waals surface area contributed by atoms with Crippen molar-refractivity contribution in [2.24, 2.45) is 5.10 Å². The smallest absolute Gasteiger partial charge is 0.265 e. The third-order valence-corrected chi connectivity index (χ3v) is 6.66. The molecule has 0 aliphatic rings. The molecule has 6 aromatic rings. The molecule has 0 bridgehead atoms. The summed E-state index contributed by atoms with van der Waals surface area (Å²) >= 11 is 1.58. The van der Waals surface area contributed by atoms with Crippen molar-refractivity contribution in [1.82, 2.24) is 24.2 Å². The highest BCUT2D eigenvalue weighted by atomic mass is 32.1. The predicted molar refractivity (Wildman–Crippen MR) is 139 cm³/mol. The fraction of sp³-hybridized carbons (Fsp3) is 0.115. The predicted octanol–water partition coefficient (Wildman–Crippen LogP) is 4.49. The van der Waals surface area contributed by atoms with E-state index >= 15 is 0 Å². The molecule has 0 unspecified atom stereocenters. The second-order valence-electron chi connectivity index (χ2n) is 8.00. The van der Waals surface area contributed by atoms with Crippen LogP contribution in [0.4, 0.5) is 0 Å². The maximum Gasteiger partial charge on any atom is 0.265 e. The number of fused-ring (bicyclic) bond motifs is 4. The Morgan fingerprint density at radius 2 is 1.80 bits per heavy atom. The number of ether oxygens (including phenoxy) is 1. The Kier molecular flexibility index (Phi) is 5.31. The molecular weight excluding hydrogens is 460 g/mol. The van der Waals surface area contributed by atoms with Crippen LogP contribution in [-0.4, -0.2) is 37.5 Å². The Hall–Kier alpha value is -4.37. The molecule has 4 heterocycles. The highest BCUT2D eigenvalue weighted by molar-refractivity contribution is 7.11. The molecule has 0 saturated carbocycles. The molecule has 0 spiro atoms. The van der Waals surface area contributed by atoms with Gasteiger partial charge in [0.25, 0.3) is 5.56 Å². The van der Waals surface area contributed by atoms with Crippen molar-refractivity contribution in [2.45, 2.75) is 13.0 Å². The minimum absolute atomic E-state index is 0.164. The standard InChI is InChI=1S/C26H20N6O2S/c1-34-18-10-8-17(9-11-18)12-13-31-16-27-24-22(26(31)33)23-25(30-21-7-3-2-6-20(21)29-23)32(24)28-15-19-5-4-14-35-19/h2-11,14-16H,12-13H2,1H3/b28-15+. The van der Waals surface area contributed by atoms with E-state index < -0.39 is 0 Å². The lowest BCUT2D eigenvalue weighted by Crippen LogP contribution is -2.21. The molecule has 8 nitrogen and oxygen atoms in total. The molecule has 0 fully saturated rings. The summed E-state index contributed by atoms with van der Waals surface area (Å²) in [6.07, 6.45) is 4.00. The highest BCUT2D eigenvalue weighted by Crippen LogP contribution is 2.25. The minimum atomic E-state index is -0.164. The van der Waals surface area contributed by atoms with Crippen molar-refractivity contribution < 1.29 is 4.74 Å². The van der Waals surface area contributed by atoms with Gasteiger partial charge >= 0.3 is 0 Å². The van der Waals surface area contributed by atoms with Gasteiger partial charge in [0.1, 0.15) is 16.7 Å². The van der Waals surface area contributed by atoms with Gasteiger partial charge in [0.15, 0.2) is 11.3 Å². The van der Waals surface area contributed by atoms with Crippen LogP contribution >= 0.6 is 11.3 Å². The number of methoxy groups -OCH3 is 1. The largest absolute Gasteiger partial charge is 0.497 e. The monoisotopic (exact) mass is 480 g/mol. The lowest BCUT2D eigenvalue weighted by molar-refractivity contribution is 0.414. The number of benzene rings is 2. The summed E-state index contributed by atoms with van der Waals surface area (Å²) < 4.78 is 8.46. The molecule has 172 valence electrons. The van der Waals surface area contributed by atoms with Crippen LogP contribution in [0.1, 0.15) is 10.4 Å². The first-order valence-corrected chi connectivity index (χ1v) is 12.0. The first-order chi connectivity index (χ1) is 17.2. The van der Waals surface area contributed by atoms with Gasteiger partial charge in [-0.1, -0.05) is 30.3 Å². The molecule has 9 heteroatoms. The van der Waals surface area contributed by atoms with E-state index in [0.717, 1.165) is 21.7 Å². The average molecular weight is 481 g/mol. The lowest BCUT2D eigenvalue weighted by atomic mass is 10.1. The highest BCUT2D eigenvalue weighted by Gasteiger charge is 2.19. The molecule has 2 aromatic carbocycles. The van der Waals surface area contributed by atoms with E-state index in [-0.39, 0.29) is 5.56 Å². The van der Waals surface area contributed by atoms with Gasteiger partial charge in [0.05, 0.1) is 30.7 Å². The Labute approximate surface area is 203 Å². The van der Waals surface area contributed by atoms with Crippen molar-refractivity contribution in [3.8, 4) is 5.75 Å². The van der Waals surface area contributed by atoms with Gasteiger partial charge in [-0.2, -0.15) is 9.78 Å². The molecule has 0 atom stereocenters. The Morgan fingerprint density at radius 3 is 2.54 bits per heavy atom. The summed E-state index contributed by atoms with van der Waals surface area (Å²) in [5.74, 6) is 0.802. The van der Waals surface area contributed by atoms with E-state index in [1.165, 1.54) is 0 Å². The van der Waals surface area contributed by atoms with Crippen molar-refractivity contribution >= 4 is 50.8 Å². The van der Waals surface area contributed by atoms with Crippen molar-refractivity contribution in [3.05, 3.63) is 93.2 Å². The summed E-state index contributed by atoms with van der Waals surface area (Å²) in [4.78, 5) is 28.8. The average Bonchev–Trinajstić information content (AvgIpc) is 3.52. The minimum Gasteiger partial charge on any atom is -0.497 e. The second kappa shape index (κ2) is 8.77. The molecular formula is C26H20N6O2S. The Morgan fingerprint density at radius 1 is 1.00 bits per heavy atom. The number of para-hydroxylation sites is 2. The molecule has 0 radical (unpaired) electrons. The SMILES string of the molecule is COc1ccc(CCn2cnc3c(c2=O)c2nc4ccccc4nc2n3/N=C/c2cccs2)cc1. The molecule has 35 heavy (non-hydrogen) atoms. The summed E-state index contributed by atoms with van der Waals surface area (Å²) in [6.45, 7) is 0.486. The lowest BCUT2D eigenvalue weighted by Gasteiger charge is -2.06. The van der Waals surface area contributed by atoms with E-state index in [1.807, 2.05) is 66.0 Å². The van der Waals surface area contributed by atoms with Gasteiger partial charge in [-0.25, -0.2) is 15.0 Å². The van der Waals surface area contributed by atoms with E-state index in [4.69, 9.17) is 14.7 Å². The fourth-order valence-electron chi connectivity index (χ4n) is 4.04. The second-order valence-corrected chi connectivity index (χ2v) is 8.98. The number of aryl methyl sites for hydroxylation is 2. The van der Waals surface area contributed by atoms with Crippen LogP contribution in [0.5, 0.6) is 5.75 Å². The summed E-state index contributed by atoms with van der Waals surface area (Å²) in [6, 6.07) is 19.4. The number of hydrogen-bond acceptors (Lipinski definition) is 7. The number of nitrogens with zero attached hydrogens (tertiary/aromatic N) is 6. The first-order valence-electron chi connectivity index (χ1n) is 11.1. The van der Waals surface area contributed by atoms with Crippen LogP contribution in [0.25, 0.3) is 33.2 Å². The van der Waals surface area contributed by atoms with Crippen LogP contribution in [0, 0.1) is 0 Å². The van der Waals surface area contributed by atoms with E-state index in [2.05, 4.69) is 10.1 Å². The number of thiophene rings is 1. The fourth-order valence-corrected chi connectivity index (χ4v) is 4.62. The maximum absolute atomic E-state index is 13.6. The zero-order valence-electron chi connectivity index (χ0n) is 18.8. The zero-order chi connectivity index (χ0) is 23.8. The van der Waals surface area contributed by atoms with Gasteiger partial charge in [-0.05, 0) is 47.7 Å². The number of rotatable bonds is 6. The third-order valence-electron chi connectivity index (χ3n) is 5.85. The molecule has 0 amide bonds. The summed E-state index contributed by atoms with van der Waals surface area (Å²) in [5, 5.41) is 7.03. The Balaban J connectivity index is 1.49. The van der Waals surface area contributed by atoms with Crippen LogP contribution in [0.3, 0.4) is 0 Å². The van der Waals surface area contributed by atoms with Crippen molar-refractivity contribution in [1.29, 1.82) is 0 Å². The zero-order valence-corrected chi connectivity index (χ0v) is 19.6. The maximum atomic E-state index is 13.6. The molecule has 0 aliphatic carbocycles. The number of aromatic nitrogens is 5. The first kappa shape index (κ1) is 21.2. The van der Waals surface area contributed by atoms with E-state index in [1.54, 1.807) is 40.2 Å². The van der Waals surface area contributed by atoms with Crippen LogP contribution in [-0.2, 0) is 13.0 Å². The summed E-state index contributed by atoms with van der Waals surface area (Å²) in [7, 11) is 1.64. The third kappa shape index (κ3) is 3.85. The van der Waals surface area contributed by atoms with Crippen LogP contribution in [0.15, 0.2) is 82.3 Å². The van der Waals surface area contributed by atoms with E-state index in [0.29, 0.717) is 40.7 Å². The van der Waals surface area contributed by atoms with Gasteiger partial charge in [-0.3, -0.25) is 9.36 Å². The quantitative estimate of drug-likeness (QED) is 0.328. The number of hydrogen-bond donors (Lipinski definition) is 0. The van der Waals surface area contributed by atoms with Gasteiger partial charge in [0, 0.05) is 11.4 Å². The van der Waals surface area contributed by atoms with Gasteiger partial charge in [0.2, 0.25) is 0 Å². The van der Waals surface area contributed by atoms with Crippen LogP contribution < -0.4 is 10.3 Å². The molecule has 0 N–H and O–H groups in total. The topological polar surface area (TPSA) is 87.2 Å². The van der Waals surface area contributed by atoms with Gasteiger partial charge < -0.3 is 4.74 Å². The molecule has 0 saturated heterocycles. The van der Waals surface area contributed by atoms with Crippen molar-refractivity contribution in [2.75, 3.05) is 7.11 Å². The van der Waals surface area contributed by atoms with Gasteiger partial charge in [-0.15, -0.1) is 11.3 Å². The van der Waals surface area contributed by atoms with Crippen molar-refractivity contribution in [3.63, 3.8) is 0 Å². The molecule has 4 aromatic heterocycles. The van der Waals surface area contributed by atoms with E-state index in [9.17, 15) is 4.79 Å². The molecule has 6 rings (SSSR count). The molecule has 0 aliphatic heterocycles. The summed E-state index contributed by atoms with van der Waals surface area (Å²) in [5.41, 5.74) is 3.83. The Bertz CT molecular complexity index is 1750. The normalized spacial score (nSPS) is 11.8.